The van der Waals surface area contributed by atoms with Crippen molar-refractivity contribution in [2.24, 2.45) is 0 Å². The summed E-state index contributed by atoms with van der Waals surface area (Å²) >= 11 is 3.40. The second-order valence-corrected chi connectivity index (χ2v) is 13.5. The number of aromatic nitrogens is 1. The average molecular weight is 650 g/mol. The van der Waals surface area contributed by atoms with E-state index in [1.807, 2.05) is 40.9 Å². The molecule has 3 heterocycles. The summed E-state index contributed by atoms with van der Waals surface area (Å²) in [4.78, 5) is 44.6. The van der Waals surface area contributed by atoms with Crippen LogP contribution in [0.4, 0.5) is 10.5 Å². The predicted molar refractivity (Wildman–Crippen MR) is 177 cm³/mol. The highest BCUT2D eigenvalue weighted by Gasteiger charge is 2.49. The highest BCUT2D eigenvalue weighted by Crippen LogP contribution is 2.45. The topological polar surface area (TPSA) is 130 Å². The Balaban J connectivity index is 1.17. The molecule has 3 unspecified atom stereocenters. The lowest BCUT2D eigenvalue weighted by atomic mass is 9.92. The van der Waals surface area contributed by atoms with Gasteiger partial charge in [0.05, 0.1) is 30.6 Å². The molecule has 236 valence electrons. The van der Waals surface area contributed by atoms with Crippen molar-refractivity contribution in [3.63, 3.8) is 0 Å². The second kappa shape index (κ2) is 13.5. The molecule has 2 saturated heterocycles. The third-order valence-electron chi connectivity index (χ3n) is 8.45. The number of fused-ring (bicyclic) bond motifs is 3. The fourth-order valence-electron chi connectivity index (χ4n) is 6.37. The minimum Gasteiger partial charge on any atom is -0.492 e. The Bertz CT molecular complexity index is 1670. The number of unbranched alkanes of at least 4 members (excludes halogenated alkanes) is 1. The van der Waals surface area contributed by atoms with Gasteiger partial charge in [-0.05, 0) is 41.4 Å². The van der Waals surface area contributed by atoms with Crippen LogP contribution in [0.15, 0.2) is 60.7 Å². The zero-order valence-electron chi connectivity index (χ0n) is 24.8. The summed E-state index contributed by atoms with van der Waals surface area (Å²) in [5, 5.41) is 27.1. The number of methoxy groups -OCH3 is 1. The van der Waals surface area contributed by atoms with Gasteiger partial charge in [0.2, 0.25) is 11.8 Å². The number of nitrogens with zero attached hydrogens (tertiary/aromatic N) is 2. The van der Waals surface area contributed by atoms with E-state index in [4.69, 9.17) is 9.57 Å². The summed E-state index contributed by atoms with van der Waals surface area (Å²) in [5.41, 5.74) is 2.13. The summed E-state index contributed by atoms with van der Waals surface area (Å²) < 4.78 is 5.49. The van der Waals surface area contributed by atoms with Gasteiger partial charge < -0.3 is 25.1 Å². The molecular formula is C33H35N3O7S2. The van der Waals surface area contributed by atoms with Crippen LogP contribution in [0.5, 0.6) is 11.8 Å². The van der Waals surface area contributed by atoms with Crippen LogP contribution in [0.3, 0.4) is 0 Å². The first-order chi connectivity index (χ1) is 21.9. The maximum Gasteiger partial charge on any atom is 0.333 e. The number of nitrogens with one attached hydrogen (secondary N) is 1. The Hall–Kier alpha value is -4.03. The number of aryl methyl sites for hydroxylation is 1. The summed E-state index contributed by atoms with van der Waals surface area (Å²) in [6.45, 7) is 0. The number of amides is 2. The molecule has 6 rings (SSSR count). The maximum absolute atomic E-state index is 13.7. The van der Waals surface area contributed by atoms with Crippen LogP contribution in [0.2, 0.25) is 0 Å². The van der Waals surface area contributed by atoms with Crippen molar-refractivity contribution in [3.05, 3.63) is 66.2 Å². The summed E-state index contributed by atoms with van der Waals surface area (Å²) in [5.74, 6) is 0.416. The molecule has 2 aliphatic rings. The van der Waals surface area contributed by atoms with Crippen molar-refractivity contribution in [3.8, 4) is 11.8 Å². The molecule has 0 spiro atoms. The Morgan fingerprint density at radius 3 is 2.24 bits per heavy atom. The van der Waals surface area contributed by atoms with Crippen LogP contribution in [0.1, 0.15) is 31.2 Å². The van der Waals surface area contributed by atoms with Gasteiger partial charge in [0.1, 0.15) is 0 Å². The molecule has 0 saturated carbocycles. The van der Waals surface area contributed by atoms with Crippen molar-refractivity contribution in [1.29, 1.82) is 0 Å². The number of anilines is 1. The third kappa shape index (κ3) is 6.26. The molecule has 4 aromatic rings. The fourth-order valence-corrected chi connectivity index (χ4v) is 8.73. The van der Waals surface area contributed by atoms with E-state index in [1.54, 1.807) is 11.8 Å². The minimum atomic E-state index is -0.543. The SMILES string of the molecule is COC(=O)CSCCc1c2ccccc2c(N2C(=O)NC3C(CCCCC(=O)On4c(O)ccc4O)SCC32)c2ccccc12. The zero-order chi connectivity index (χ0) is 31.5. The first-order valence-corrected chi connectivity index (χ1v) is 17.2. The number of rotatable bonds is 12. The van der Waals surface area contributed by atoms with E-state index in [-0.39, 0.29) is 47.5 Å². The van der Waals surface area contributed by atoms with E-state index in [2.05, 4.69) is 29.6 Å². The molecule has 2 amide bonds. The Labute approximate surface area is 269 Å². The molecule has 3 N–H and O–H groups in total. The Kier molecular flexibility index (Phi) is 9.32. The maximum atomic E-state index is 13.7. The lowest BCUT2D eigenvalue weighted by Gasteiger charge is -2.27. The van der Waals surface area contributed by atoms with Crippen molar-refractivity contribution >= 4 is 68.7 Å². The van der Waals surface area contributed by atoms with Gasteiger partial charge in [-0.3, -0.25) is 9.69 Å². The number of ether oxygens (including phenoxy) is 1. The van der Waals surface area contributed by atoms with Gasteiger partial charge >= 0.3 is 18.0 Å². The predicted octanol–water partition coefficient (Wildman–Crippen LogP) is 5.25. The number of hydrogen-bond donors (Lipinski definition) is 3. The summed E-state index contributed by atoms with van der Waals surface area (Å²) in [6, 6.07) is 18.9. The lowest BCUT2D eigenvalue weighted by molar-refractivity contribution is -0.145. The van der Waals surface area contributed by atoms with Crippen molar-refractivity contribution in [2.75, 3.05) is 29.3 Å². The Morgan fingerprint density at radius 1 is 0.956 bits per heavy atom. The average Bonchev–Trinajstić information content (AvgIpc) is 3.69. The Morgan fingerprint density at radius 2 is 1.60 bits per heavy atom. The lowest BCUT2D eigenvalue weighted by Crippen LogP contribution is -2.38. The van der Waals surface area contributed by atoms with E-state index in [9.17, 15) is 24.6 Å². The van der Waals surface area contributed by atoms with Gasteiger partial charge in [-0.1, -0.05) is 55.0 Å². The standard InChI is InChI=1S/C33H35N3O7S2/c1-42-30(40)19-44-17-16-22-20-8-2-4-10-23(20)32(24-11-5-3-9-21(22)24)35-25-18-45-26(31(25)34-33(35)41)12-6-7-13-29(39)43-36-27(37)14-15-28(36)38/h2-5,8-11,14-15,25-26,31,37-38H,6-7,12-13,16-19H2,1H3,(H,34,41). The molecule has 3 atom stereocenters. The molecule has 2 fully saturated rings. The fraction of sp³-hybridized carbons (Fsp3) is 0.364. The second-order valence-electron chi connectivity index (χ2n) is 11.1. The van der Waals surface area contributed by atoms with Gasteiger partial charge in [0.25, 0.3) is 0 Å². The number of carbonyl (C=O) groups excluding carboxylic acids is 3. The van der Waals surface area contributed by atoms with Crippen LogP contribution in [-0.4, -0.2) is 74.6 Å². The number of esters is 1. The molecule has 0 bridgehead atoms. The zero-order valence-corrected chi connectivity index (χ0v) is 26.4. The van der Waals surface area contributed by atoms with E-state index in [1.165, 1.54) is 24.8 Å². The molecule has 0 aliphatic carbocycles. The molecule has 1 aromatic heterocycles. The molecule has 3 aromatic carbocycles. The molecule has 12 heteroatoms. The quantitative estimate of drug-likeness (QED) is 0.0815. The normalized spacial score (nSPS) is 19.2. The number of thioether (sulfide) groups is 2. The molecular weight excluding hydrogens is 615 g/mol. The van der Waals surface area contributed by atoms with Gasteiger partial charge in [-0.15, -0.1) is 16.5 Å². The van der Waals surface area contributed by atoms with Crippen LogP contribution >= 0.6 is 23.5 Å². The smallest absolute Gasteiger partial charge is 0.333 e. The van der Waals surface area contributed by atoms with Gasteiger partial charge in [0.15, 0.2) is 0 Å². The molecule has 45 heavy (non-hydrogen) atoms. The van der Waals surface area contributed by atoms with Gasteiger partial charge in [0, 0.05) is 40.3 Å². The number of benzene rings is 3. The number of carbonyl (C=O) groups is 3. The van der Waals surface area contributed by atoms with E-state index >= 15 is 0 Å². The van der Waals surface area contributed by atoms with E-state index in [0.29, 0.717) is 16.9 Å². The number of urea groups is 1. The van der Waals surface area contributed by atoms with Crippen molar-refractivity contribution in [2.45, 2.75) is 49.4 Å². The first-order valence-electron chi connectivity index (χ1n) is 15.0. The largest absolute Gasteiger partial charge is 0.492 e. The van der Waals surface area contributed by atoms with Crippen LogP contribution in [0.25, 0.3) is 21.5 Å². The summed E-state index contributed by atoms with van der Waals surface area (Å²) in [7, 11) is 1.40. The van der Waals surface area contributed by atoms with Crippen LogP contribution in [0, 0.1) is 0 Å². The molecule has 0 radical (unpaired) electrons. The van der Waals surface area contributed by atoms with Crippen molar-refractivity contribution < 1.29 is 34.2 Å². The van der Waals surface area contributed by atoms with Crippen molar-refractivity contribution in [1.82, 2.24) is 10.0 Å². The van der Waals surface area contributed by atoms with E-state index in [0.717, 1.165) is 58.0 Å². The number of aromatic hydroxyl groups is 2. The molecule has 2 aliphatic heterocycles. The minimum absolute atomic E-state index is 0.00886. The molecule has 10 nitrogen and oxygen atoms in total. The first kappa shape index (κ1) is 31.0. The van der Waals surface area contributed by atoms with Crippen LogP contribution in [-0.2, 0) is 20.7 Å². The summed E-state index contributed by atoms with van der Waals surface area (Å²) in [6.07, 6.45) is 3.11. The van der Waals surface area contributed by atoms with E-state index < -0.39 is 5.97 Å². The third-order valence-corrected chi connectivity index (χ3v) is 10.9. The monoisotopic (exact) mass is 649 g/mol. The highest BCUT2D eigenvalue weighted by atomic mass is 32.2. The van der Waals surface area contributed by atoms with Crippen LogP contribution < -0.4 is 15.1 Å². The highest BCUT2D eigenvalue weighted by molar-refractivity contribution is 8.00. The number of hydrogen-bond acceptors (Lipinski definition) is 9. The van der Waals surface area contributed by atoms with Gasteiger partial charge in [-0.2, -0.15) is 11.8 Å². The van der Waals surface area contributed by atoms with Gasteiger partial charge in [-0.25, -0.2) is 9.59 Å².